The molecule has 0 spiro atoms. The maximum atomic E-state index is 7.09. The molecule has 1 aromatic carbocycles. The minimum absolute atomic E-state index is 0.270. The van der Waals surface area contributed by atoms with Crippen LogP contribution in [-0.4, -0.2) is 6.69 Å². The Bertz CT molecular complexity index is 447. The van der Waals surface area contributed by atoms with E-state index < -0.39 is 6.69 Å². The molecule has 0 aromatic heterocycles. The molecular formula is C16H20Cl2Si. The van der Waals surface area contributed by atoms with Crippen LogP contribution in [-0.2, 0) is 0 Å². The van der Waals surface area contributed by atoms with Crippen molar-refractivity contribution in [3.05, 3.63) is 30.3 Å². The molecule has 4 aliphatic carbocycles. The third-order valence-electron chi connectivity index (χ3n) is 5.84. The highest BCUT2D eigenvalue weighted by Gasteiger charge is 2.61. The summed E-state index contributed by atoms with van der Waals surface area (Å²) in [5.41, 5.74) is 0. The van der Waals surface area contributed by atoms with Crippen molar-refractivity contribution in [2.45, 2.75) is 43.6 Å². The molecule has 3 heteroatoms. The van der Waals surface area contributed by atoms with Gasteiger partial charge >= 0.3 is 0 Å². The molecule has 0 heterocycles. The van der Waals surface area contributed by atoms with E-state index >= 15 is 0 Å². The molecule has 4 bridgehead atoms. The van der Waals surface area contributed by atoms with Gasteiger partial charge in [-0.1, -0.05) is 30.3 Å². The number of rotatable bonds is 2. The van der Waals surface area contributed by atoms with Gasteiger partial charge < -0.3 is 0 Å². The Hall–Kier alpha value is 0.0169. The Labute approximate surface area is 125 Å². The Morgan fingerprint density at radius 3 is 1.79 bits per heavy atom. The predicted molar refractivity (Wildman–Crippen MR) is 84.4 cm³/mol. The van der Waals surface area contributed by atoms with E-state index in [1.54, 1.807) is 0 Å². The third-order valence-corrected chi connectivity index (χ3v) is 12.6. The molecule has 0 aliphatic heterocycles. The van der Waals surface area contributed by atoms with Crippen molar-refractivity contribution >= 4 is 34.0 Å². The van der Waals surface area contributed by atoms with Crippen molar-refractivity contribution in [1.29, 1.82) is 0 Å². The van der Waals surface area contributed by atoms with Gasteiger partial charge in [0.2, 0.25) is 0 Å². The molecule has 0 nitrogen and oxygen atoms in total. The average molecular weight is 311 g/mol. The molecule has 0 atom stereocenters. The lowest BCUT2D eigenvalue weighted by atomic mass is 9.56. The minimum Gasteiger partial charge on any atom is -0.139 e. The Kier molecular flexibility index (Phi) is 2.85. The largest absolute Gasteiger partial charge is 0.286 e. The molecule has 0 radical (unpaired) electrons. The van der Waals surface area contributed by atoms with Gasteiger partial charge in [0.1, 0.15) is 0 Å². The maximum absolute atomic E-state index is 7.09. The summed E-state index contributed by atoms with van der Waals surface area (Å²) in [6, 6.07) is 10.5. The first-order valence-electron chi connectivity index (χ1n) is 7.52. The van der Waals surface area contributed by atoms with Gasteiger partial charge in [-0.2, -0.15) is 0 Å². The molecule has 4 aliphatic rings. The highest BCUT2D eigenvalue weighted by molar-refractivity contribution is 7.52. The van der Waals surface area contributed by atoms with Gasteiger partial charge in [-0.15, -0.1) is 22.2 Å². The Morgan fingerprint density at radius 2 is 1.32 bits per heavy atom. The van der Waals surface area contributed by atoms with Gasteiger partial charge in [-0.25, -0.2) is 0 Å². The predicted octanol–water partition coefficient (Wildman–Crippen LogP) is 4.78. The molecule has 5 rings (SSSR count). The van der Waals surface area contributed by atoms with Crippen molar-refractivity contribution in [1.82, 2.24) is 0 Å². The van der Waals surface area contributed by atoms with E-state index in [1.165, 1.54) is 43.7 Å². The summed E-state index contributed by atoms with van der Waals surface area (Å²) < 4.78 is 0. The van der Waals surface area contributed by atoms with Crippen molar-refractivity contribution in [2.24, 2.45) is 17.8 Å². The van der Waals surface area contributed by atoms with Crippen LogP contribution in [0.5, 0.6) is 0 Å². The fraction of sp³-hybridized carbons (Fsp3) is 0.625. The fourth-order valence-electron chi connectivity index (χ4n) is 5.45. The van der Waals surface area contributed by atoms with Gasteiger partial charge in [0, 0.05) is 0 Å². The summed E-state index contributed by atoms with van der Waals surface area (Å²) in [6.07, 6.45) is 8.25. The monoisotopic (exact) mass is 310 g/mol. The summed E-state index contributed by atoms with van der Waals surface area (Å²) >= 11 is 14.2. The van der Waals surface area contributed by atoms with Crippen molar-refractivity contribution in [3.8, 4) is 0 Å². The highest BCUT2D eigenvalue weighted by atomic mass is 35.7. The average Bonchev–Trinajstić information content (AvgIpc) is 2.38. The standard InChI is InChI=1S/C16H20Cl2Si/c17-19(18,15-4-2-1-3-5-15)16-9-12-6-13(10-16)8-14(7-12)11-16/h1-5,12-14H,6-11H2. The number of hydrogen-bond donors (Lipinski definition) is 0. The second-order valence-corrected chi connectivity index (χ2v) is 13.9. The zero-order chi connectivity index (χ0) is 13.1. The van der Waals surface area contributed by atoms with Crippen molar-refractivity contribution in [3.63, 3.8) is 0 Å². The van der Waals surface area contributed by atoms with Gasteiger partial charge in [0.15, 0.2) is 0 Å². The maximum Gasteiger partial charge on any atom is 0.286 e. The van der Waals surface area contributed by atoms with Crippen LogP contribution in [0.15, 0.2) is 30.3 Å². The fourth-order valence-corrected chi connectivity index (χ4v) is 10.5. The molecule has 19 heavy (non-hydrogen) atoms. The number of hydrogen-bond acceptors (Lipinski definition) is 0. The highest BCUT2D eigenvalue weighted by Crippen LogP contribution is 2.68. The summed E-state index contributed by atoms with van der Waals surface area (Å²) in [7, 11) is 0. The summed E-state index contributed by atoms with van der Waals surface area (Å²) in [4.78, 5) is 0. The first-order valence-corrected chi connectivity index (χ1v) is 11.5. The lowest BCUT2D eigenvalue weighted by molar-refractivity contribution is 0.0277. The summed E-state index contributed by atoms with van der Waals surface area (Å²) in [6.45, 7) is -2.39. The van der Waals surface area contributed by atoms with E-state index in [1.807, 2.05) is 0 Å². The number of benzene rings is 1. The lowest BCUT2D eigenvalue weighted by Gasteiger charge is -2.59. The second-order valence-electron chi connectivity index (χ2n) is 7.14. The molecule has 4 fully saturated rings. The van der Waals surface area contributed by atoms with Crippen LogP contribution in [0.4, 0.5) is 0 Å². The molecule has 1 aromatic rings. The summed E-state index contributed by atoms with van der Waals surface area (Å²) in [5, 5.41) is 1.51. The van der Waals surface area contributed by atoms with E-state index in [-0.39, 0.29) is 5.04 Å². The van der Waals surface area contributed by atoms with Gasteiger partial charge in [-0.3, -0.25) is 0 Å². The van der Waals surface area contributed by atoms with Crippen LogP contribution in [0.25, 0.3) is 0 Å². The quantitative estimate of drug-likeness (QED) is 0.544. The van der Waals surface area contributed by atoms with Crippen molar-refractivity contribution < 1.29 is 0 Å². The zero-order valence-electron chi connectivity index (χ0n) is 11.1. The topological polar surface area (TPSA) is 0 Å². The Morgan fingerprint density at radius 1 is 0.842 bits per heavy atom. The smallest absolute Gasteiger partial charge is 0.139 e. The van der Waals surface area contributed by atoms with Gasteiger partial charge in [0.25, 0.3) is 6.69 Å². The Balaban J connectivity index is 1.75. The lowest BCUT2D eigenvalue weighted by Crippen LogP contribution is -2.57. The molecule has 4 saturated carbocycles. The van der Waals surface area contributed by atoms with Crippen LogP contribution in [0, 0.1) is 17.8 Å². The molecular weight excluding hydrogens is 291 g/mol. The van der Waals surface area contributed by atoms with Crippen LogP contribution in [0.1, 0.15) is 38.5 Å². The zero-order valence-corrected chi connectivity index (χ0v) is 13.6. The molecule has 0 N–H and O–H groups in total. The van der Waals surface area contributed by atoms with E-state index in [2.05, 4.69) is 30.3 Å². The first kappa shape index (κ1) is 12.7. The van der Waals surface area contributed by atoms with E-state index in [0.29, 0.717) is 0 Å². The molecule has 0 unspecified atom stereocenters. The molecule has 0 saturated heterocycles. The van der Waals surface area contributed by atoms with E-state index in [0.717, 1.165) is 17.8 Å². The summed E-state index contributed by atoms with van der Waals surface area (Å²) in [5.74, 6) is 2.75. The van der Waals surface area contributed by atoms with Crippen molar-refractivity contribution in [2.75, 3.05) is 0 Å². The SMILES string of the molecule is Cl[Si](Cl)(c1ccccc1)C12CC3CC(CC(C3)C1)C2. The molecule has 102 valence electrons. The minimum atomic E-state index is -2.39. The second kappa shape index (κ2) is 4.25. The van der Waals surface area contributed by atoms with Gasteiger partial charge in [-0.05, 0) is 66.5 Å². The van der Waals surface area contributed by atoms with Crippen LogP contribution in [0.3, 0.4) is 0 Å². The van der Waals surface area contributed by atoms with Crippen LogP contribution < -0.4 is 5.19 Å². The first-order chi connectivity index (χ1) is 9.09. The van der Waals surface area contributed by atoms with Gasteiger partial charge in [0.05, 0.1) is 0 Å². The van der Waals surface area contributed by atoms with E-state index in [4.69, 9.17) is 22.2 Å². The molecule has 0 amide bonds. The normalized spacial score (nSPS) is 40.6. The van der Waals surface area contributed by atoms with Crippen LogP contribution in [0.2, 0.25) is 5.04 Å². The van der Waals surface area contributed by atoms with E-state index in [9.17, 15) is 0 Å². The van der Waals surface area contributed by atoms with Crippen LogP contribution >= 0.6 is 22.2 Å². The number of halogens is 2. The third kappa shape index (κ3) is 1.85.